The topological polar surface area (TPSA) is 77.5 Å². The third-order valence-corrected chi connectivity index (χ3v) is 5.67. The van der Waals surface area contributed by atoms with Crippen LogP contribution in [-0.2, 0) is 10.0 Å². The van der Waals surface area contributed by atoms with Crippen molar-refractivity contribution < 1.29 is 8.42 Å². The normalized spacial score (nSPS) is 12.3. The van der Waals surface area contributed by atoms with Gasteiger partial charge in [0, 0.05) is 11.8 Å². The van der Waals surface area contributed by atoms with E-state index in [-0.39, 0.29) is 4.90 Å². The molecular formula is C16H13N3O2S2. The monoisotopic (exact) mass is 343 g/mol. The standard InChI is InChI=1S/C16H13N3O2S2/c1-10-2-4-11(5-3-10)13-9-19-14-7-6-12(23(17,20)21)8-15(14)22-16(19)18-13/h2-9H,1H3,(H2,17,20,21). The van der Waals surface area contributed by atoms with E-state index in [0.29, 0.717) is 0 Å². The van der Waals surface area contributed by atoms with E-state index in [4.69, 9.17) is 5.14 Å². The number of aromatic nitrogens is 2. The lowest BCUT2D eigenvalue weighted by atomic mass is 10.1. The lowest BCUT2D eigenvalue weighted by Gasteiger charge is -1.98. The van der Waals surface area contributed by atoms with E-state index in [1.165, 1.54) is 23.0 Å². The maximum absolute atomic E-state index is 11.5. The molecule has 7 heteroatoms. The molecule has 0 saturated heterocycles. The molecule has 0 atom stereocenters. The third-order valence-electron chi connectivity index (χ3n) is 3.74. The largest absolute Gasteiger partial charge is 0.290 e. The molecule has 5 nitrogen and oxygen atoms in total. The van der Waals surface area contributed by atoms with Crippen LogP contribution in [0.15, 0.2) is 53.6 Å². The van der Waals surface area contributed by atoms with Gasteiger partial charge in [0.2, 0.25) is 10.0 Å². The van der Waals surface area contributed by atoms with Crippen molar-refractivity contribution in [2.45, 2.75) is 11.8 Å². The van der Waals surface area contributed by atoms with Gasteiger partial charge in [-0.15, -0.1) is 0 Å². The Hall–Kier alpha value is -2.22. The summed E-state index contributed by atoms with van der Waals surface area (Å²) >= 11 is 1.44. The van der Waals surface area contributed by atoms with E-state index in [2.05, 4.69) is 17.1 Å². The molecule has 0 fully saturated rings. The number of fused-ring (bicyclic) bond motifs is 3. The number of thiazole rings is 1. The maximum atomic E-state index is 11.5. The number of sulfonamides is 1. The lowest BCUT2D eigenvalue weighted by Crippen LogP contribution is -2.11. The van der Waals surface area contributed by atoms with Crippen molar-refractivity contribution in [3.05, 3.63) is 54.2 Å². The number of hydrogen-bond donors (Lipinski definition) is 1. The van der Waals surface area contributed by atoms with Gasteiger partial charge in [-0.2, -0.15) is 0 Å². The Labute approximate surface area is 137 Å². The maximum Gasteiger partial charge on any atom is 0.238 e. The van der Waals surface area contributed by atoms with Crippen LogP contribution in [-0.4, -0.2) is 17.8 Å². The van der Waals surface area contributed by atoms with Gasteiger partial charge in [-0.1, -0.05) is 41.2 Å². The molecule has 2 aromatic heterocycles. The van der Waals surface area contributed by atoms with E-state index in [0.717, 1.165) is 26.4 Å². The molecule has 2 heterocycles. The summed E-state index contributed by atoms with van der Waals surface area (Å²) in [4.78, 5) is 5.58. The van der Waals surface area contributed by atoms with Gasteiger partial charge in [0.05, 0.1) is 20.8 Å². The van der Waals surface area contributed by atoms with Gasteiger partial charge in [-0.05, 0) is 25.1 Å². The quantitative estimate of drug-likeness (QED) is 0.607. The molecule has 0 amide bonds. The van der Waals surface area contributed by atoms with Gasteiger partial charge in [0.1, 0.15) is 0 Å². The number of rotatable bonds is 2. The zero-order chi connectivity index (χ0) is 16.2. The second kappa shape index (κ2) is 4.89. The van der Waals surface area contributed by atoms with Crippen molar-refractivity contribution in [1.82, 2.24) is 9.38 Å². The van der Waals surface area contributed by atoms with E-state index >= 15 is 0 Å². The highest BCUT2D eigenvalue weighted by Crippen LogP contribution is 2.30. The molecule has 0 aliphatic heterocycles. The number of aryl methyl sites for hydroxylation is 1. The van der Waals surface area contributed by atoms with Crippen LogP contribution in [0.25, 0.3) is 26.4 Å². The number of nitrogens with zero attached hydrogens (tertiary/aromatic N) is 2. The Bertz CT molecular complexity index is 1140. The van der Waals surface area contributed by atoms with E-state index in [9.17, 15) is 8.42 Å². The summed E-state index contributed by atoms with van der Waals surface area (Å²) in [6.45, 7) is 2.05. The van der Waals surface area contributed by atoms with Crippen molar-refractivity contribution in [1.29, 1.82) is 0 Å². The summed E-state index contributed by atoms with van der Waals surface area (Å²) in [6.07, 6.45) is 1.97. The molecule has 0 spiro atoms. The highest BCUT2D eigenvalue weighted by molar-refractivity contribution is 7.89. The van der Waals surface area contributed by atoms with Gasteiger partial charge < -0.3 is 0 Å². The Morgan fingerprint density at radius 3 is 2.57 bits per heavy atom. The average Bonchev–Trinajstić information content (AvgIpc) is 3.04. The first-order valence-electron chi connectivity index (χ1n) is 6.93. The minimum absolute atomic E-state index is 0.119. The molecule has 116 valence electrons. The molecule has 0 radical (unpaired) electrons. The van der Waals surface area contributed by atoms with Crippen LogP contribution in [0.5, 0.6) is 0 Å². The summed E-state index contributed by atoms with van der Waals surface area (Å²) in [5.41, 5.74) is 4.08. The molecule has 2 N–H and O–H groups in total. The van der Waals surface area contributed by atoms with Crippen molar-refractivity contribution in [2.75, 3.05) is 0 Å². The molecule has 4 aromatic rings. The van der Waals surface area contributed by atoms with Crippen LogP contribution in [0.1, 0.15) is 5.56 Å². The summed E-state index contributed by atoms with van der Waals surface area (Å²) in [6, 6.07) is 13.1. The fourth-order valence-corrected chi connectivity index (χ4v) is 4.18. The van der Waals surface area contributed by atoms with Gasteiger partial charge >= 0.3 is 0 Å². The molecule has 0 aliphatic carbocycles. The van der Waals surface area contributed by atoms with Crippen LogP contribution < -0.4 is 5.14 Å². The lowest BCUT2D eigenvalue weighted by molar-refractivity contribution is 0.598. The number of hydrogen-bond acceptors (Lipinski definition) is 4. The molecular weight excluding hydrogens is 330 g/mol. The number of imidazole rings is 1. The summed E-state index contributed by atoms with van der Waals surface area (Å²) < 4.78 is 25.7. The summed E-state index contributed by atoms with van der Waals surface area (Å²) in [7, 11) is -3.69. The first-order chi connectivity index (χ1) is 10.9. The summed E-state index contributed by atoms with van der Waals surface area (Å²) in [5, 5.41) is 5.18. The number of benzene rings is 2. The molecule has 2 aromatic carbocycles. The van der Waals surface area contributed by atoms with Crippen molar-refractivity contribution in [2.24, 2.45) is 5.14 Å². The predicted molar refractivity (Wildman–Crippen MR) is 92.1 cm³/mol. The molecule has 0 aliphatic rings. The minimum atomic E-state index is -3.69. The smallest absolute Gasteiger partial charge is 0.238 e. The van der Waals surface area contributed by atoms with Gasteiger partial charge in [0.15, 0.2) is 4.96 Å². The highest BCUT2D eigenvalue weighted by atomic mass is 32.2. The second-order valence-electron chi connectivity index (χ2n) is 5.42. The first kappa shape index (κ1) is 14.4. The predicted octanol–water partition coefficient (Wildman–Crippen LogP) is 3.17. The van der Waals surface area contributed by atoms with Crippen LogP contribution in [0, 0.1) is 6.92 Å². The average molecular weight is 343 g/mol. The van der Waals surface area contributed by atoms with E-state index in [1.54, 1.807) is 12.1 Å². The first-order valence-corrected chi connectivity index (χ1v) is 9.29. The zero-order valence-electron chi connectivity index (χ0n) is 12.2. The molecule has 23 heavy (non-hydrogen) atoms. The van der Waals surface area contributed by atoms with Gasteiger partial charge in [0.25, 0.3) is 0 Å². The van der Waals surface area contributed by atoms with Crippen molar-refractivity contribution in [3.8, 4) is 11.3 Å². The van der Waals surface area contributed by atoms with Crippen molar-refractivity contribution in [3.63, 3.8) is 0 Å². The molecule has 0 unspecified atom stereocenters. The van der Waals surface area contributed by atoms with Crippen LogP contribution in [0.4, 0.5) is 0 Å². The Morgan fingerprint density at radius 1 is 1.13 bits per heavy atom. The van der Waals surface area contributed by atoms with Gasteiger partial charge in [-0.25, -0.2) is 18.5 Å². The number of primary sulfonamides is 1. The van der Waals surface area contributed by atoms with Crippen LogP contribution in [0.3, 0.4) is 0 Å². The van der Waals surface area contributed by atoms with Crippen LogP contribution in [0.2, 0.25) is 0 Å². The third kappa shape index (κ3) is 2.42. The molecule has 0 bridgehead atoms. The highest BCUT2D eigenvalue weighted by Gasteiger charge is 2.13. The Morgan fingerprint density at radius 2 is 1.87 bits per heavy atom. The molecule has 0 saturated carbocycles. The fourth-order valence-electron chi connectivity index (χ4n) is 2.52. The summed E-state index contributed by atoms with van der Waals surface area (Å²) in [5.74, 6) is 0. The Kier molecular flexibility index (Phi) is 3.06. The second-order valence-corrected chi connectivity index (χ2v) is 7.99. The zero-order valence-corrected chi connectivity index (χ0v) is 13.9. The fraction of sp³-hybridized carbons (Fsp3) is 0.0625. The Balaban J connectivity index is 1.89. The van der Waals surface area contributed by atoms with Gasteiger partial charge in [-0.3, -0.25) is 4.40 Å². The SMILES string of the molecule is Cc1ccc(-c2cn3c(n2)sc2cc(S(N)(=O)=O)ccc23)cc1. The van der Waals surface area contributed by atoms with E-state index < -0.39 is 10.0 Å². The van der Waals surface area contributed by atoms with Crippen molar-refractivity contribution >= 4 is 36.5 Å². The van der Waals surface area contributed by atoms with E-state index in [1.807, 2.05) is 29.7 Å². The number of nitrogens with two attached hydrogens (primary N) is 1. The van der Waals surface area contributed by atoms with Crippen LogP contribution >= 0.6 is 11.3 Å². The minimum Gasteiger partial charge on any atom is -0.290 e. The molecule has 4 rings (SSSR count).